The molecule has 0 aliphatic carbocycles. The molecule has 5 nitrogen and oxygen atoms in total. The number of carbonyl (C=O) groups is 2. The van der Waals surface area contributed by atoms with Crippen LogP contribution in [-0.2, 0) is 22.6 Å². The van der Waals surface area contributed by atoms with Gasteiger partial charge in [0.25, 0.3) is 0 Å². The number of rotatable bonds is 3. The van der Waals surface area contributed by atoms with E-state index in [2.05, 4.69) is 10.6 Å². The third-order valence-corrected chi connectivity index (χ3v) is 4.43. The molecular weight excluding hydrogens is 321 g/mol. The Balaban J connectivity index is 0.00000192. The van der Waals surface area contributed by atoms with Crippen LogP contribution in [0.25, 0.3) is 0 Å². The van der Waals surface area contributed by atoms with Crippen LogP contribution >= 0.6 is 12.4 Å². The number of likely N-dealkylation sites (tertiary alicyclic amines) is 1. The van der Waals surface area contributed by atoms with Crippen LogP contribution in [0.2, 0.25) is 0 Å². The molecule has 23 heavy (non-hydrogen) atoms. The van der Waals surface area contributed by atoms with E-state index in [1.54, 1.807) is 11.0 Å². The number of benzene rings is 1. The molecule has 0 bridgehead atoms. The second kappa shape index (κ2) is 7.27. The highest BCUT2D eigenvalue weighted by Crippen LogP contribution is 2.26. The number of halogens is 2. The summed E-state index contributed by atoms with van der Waals surface area (Å²) < 4.78 is 14.5. The van der Waals surface area contributed by atoms with E-state index in [1.165, 1.54) is 0 Å². The van der Waals surface area contributed by atoms with Crippen molar-refractivity contribution in [3.05, 3.63) is 29.1 Å². The number of anilines is 1. The monoisotopic (exact) mass is 341 g/mol. The van der Waals surface area contributed by atoms with Gasteiger partial charge in [0.2, 0.25) is 11.8 Å². The predicted octanol–water partition coefficient (Wildman–Crippen LogP) is 1.70. The molecule has 2 N–H and O–H groups in total. The van der Waals surface area contributed by atoms with Gasteiger partial charge >= 0.3 is 0 Å². The van der Waals surface area contributed by atoms with Gasteiger partial charge in [-0.1, -0.05) is 6.07 Å². The molecule has 0 spiro atoms. The van der Waals surface area contributed by atoms with Gasteiger partial charge in [-0.25, -0.2) is 4.39 Å². The van der Waals surface area contributed by atoms with E-state index < -0.39 is 5.92 Å². The third kappa shape index (κ3) is 3.48. The van der Waals surface area contributed by atoms with Crippen molar-refractivity contribution in [2.45, 2.75) is 26.3 Å². The fourth-order valence-electron chi connectivity index (χ4n) is 3.12. The van der Waals surface area contributed by atoms with E-state index in [0.29, 0.717) is 31.6 Å². The molecule has 1 fully saturated rings. The highest BCUT2D eigenvalue weighted by Gasteiger charge is 2.33. The average Bonchev–Trinajstić information content (AvgIpc) is 2.91. The van der Waals surface area contributed by atoms with Crippen LogP contribution in [0.3, 0.4) is 0 Å². The van der Waals surface area contributed by atoms with Gasteiger partial charge in [0.15, 0.2) is 0 Å². The molecule has 1 atom stereocenters. The van der Waals surface area contributed by atoms with Gasteiger partial charge in [0, 0.05) is 26.1 Å². The molecule has 1 saturated heterocycles. The summed E-state index contributed by atoms with van der Waals surface area (Å²) in [7, 11) is 0. The molecule has 2 heterocycles. The van der Waals surface area contributed by atoms with Crippen molar-refractivity contribution in [2.24, 2.45) is 5.92 Å². The molecule has 1 unspecified atom stereocenters. The normalized spacial score (nSPS) is 20.0. The van der Waals surface area contributed by atoms with Crippen molar-refractivity contribution >= 4 is 29.9 Å². The summed E-state index contributed by atoms with van der Waals surface area (Å²) in [6, 6.07) is 3.45. The third-order valence-electron chi connectivity index (χ3n) is 4.43. The minimum atomic E-state index is -0.399. The lowest BCUT2D eigenvalue weighted by Crippen LogP contribution is -2.29. The number of fused-ring (bicyclic) bond motifs is 1. The lowest BCUT2D eigenvalue weighted by Gasteiger charge is -2.20. The number of nitrogens with one attached hydrogen (secondary N) is 2. The van der Waals surface area contributed by atoms with Crippen molar-refractivity contribution in [1.29, 1.82) is 0 Å². The van der Waals surface area contributed by atoms with E-state index in [1.807, 2.05) is 13.0 Å². The van der Waals surface area contributed by atoms with Crippen molar-refractivity contribution in [1.82, 2.24) is 10.2 Å². The van der Waals surface area contributed by atoms with Gasteiger partial charge in [-0.2, -0.15) is 0 Å². The minimum Gasteiger partial charge on any atom is -0.342 e. The maximum absolute atomic E-state index is 14.5. The standard InChI is InChI=1S/C16H20FN3O2.ClH/c1-2-20-9-11(7-14(20)21)16(22)19-13-4-3-10-8-18-6-5-12(10)15(13)17;/h3-4,11,18H,2,5-9H2,1H3,(H,19,22);1H. The summed E-state index contributed by atoms with van der Waals surface area (Å²) in [6.07, 6.45) is 0.826. The molecular formula is C16H21ClFN3O2. The zero-order valence-corrected chi connectivity index (χ0v) is 13.8. The fraction of sp³-hybridized carbons (Fsp3) is 0.500. The Hall–Kier alpha value is -1.66. The van der Waals surface area contributed by atoms with Crippen LogP contribution < -0.4 is 10.6 Å². The van der Waals surface area contributed by atoms with E-state index in [9.17, 15) is 14.0 Å². The van der Waals surface area contributed by atoms with E-state index in [-0.39, 0.29) is 42.1 Å². The molecule has 0 saturated carbocycles. The van der Waals surface area contributed by atoms with Gasteiger partial charge in [-0.05, 0) is 37.1 Å². The number of hydrogen-bond donors (Lipinski definition) is 2. The van der Waals surface area contributed by atoms with E-state index in [0.717, 1.165) is 12.1 Å². The van der Waals surface area contributed by atoms with Crippen molar-refractivity contribution in [3.63, 3.8) is 0 Å². The second-order valence-electron chi connectivity index (χ2n) is 5.81. The van der Waals surface area contributed by atoms with Crippen molar-refractivity contribution in [3.8, 4) is 0 Å². The summed E-state index contributed by atoms with van der Waals surface area (Å²) in [5.74, 6) is -1.04. The summed E-state index contributed by atoms with van der Waals surface area (Å²) in [4.78, 5) is 25.6. The quantitative estimate of drug-likeness (QED) is 0.879. The molecule has 3 rings (SSSR count). The Morgan fingerprint density at radius 3 is 2.96 bits per heavy atom. The van der Waals surface area contributed by atoms with E-state index >= 15 is 0 Å². The van der Waals surface area contributed by atoms with Gasteiger partial charge < -0.3 is 15.5 Å². The lowest BCUT2D eigenvalue weighted by molar-refractivity contribution is -0.128. The molecule has 2 aliphatic heterocycles. The minimum absolute atomic E-state index is 0. The second-order valence-corrected chi connectivity index (χ2v) is 5.81. The zero-order chi connectivity index (χ0) is 15.7. The first-order valence-corrected chi connectivity index (χ1v) is 7.69. The summed E-state index contributed by atoms with van der Waals surface area (Å²) in [5, 5.41) is 5.85. The molecule has 1 aromatic carbocycles. The lowest BCUT2D eigenvalue weighted by atomic mass is 9.99. The Labute approximate surface area is 141 Å². The largest absolute Gasteiger partial charge is 0.342 e. The Bertz CT molecular complexity index is 624. The number of hydrogen-bond acceptors (Lipinski definition) is 3. The molecule has 2 amide bonds. The molecule has 0 aromatic heterocycles. The molecule has 1 aromatic rings. The first kappa shape index (κ1) is 17.7. The highest BCUT2D eigenvalue weighted by molar-refractivity contribution is 5.97. The Morgan fingerprint density at radius 2 is 2.26 bits per heavy atom. The SMILES string of the molecule is CCN1CC(C(=O)Nc2ccc3c(c2F)CCNC3)CC1=O.Cl. The highest BCUT2D eigenvalue weighted by atomic mass is 35.5. The van der Waals surface area contributed by atoms with Crippen LogP contribution in [0.15, 0.2) is 12.1 Å². The van der Waals surface area contributed by atoms with Gasteiger partial charge in [-0.15, -0.1) is 12.4 Å². The summed E-state index contributed by atoms with van der Waals surface area (Å²) in [5.41, 5.74) is 1.83. The van der Waals surface area contributed by atoms with Crippen LogP contribution in [0, 0.1) is 11.7 Å². The number of amides is 2. The van der Waals surface area contributed by atoms with Crippen LogP contribution in [0.1, 0.15) is 24.5 Å². The Morgan fingerprint density at radius 1 is 1.48 bits per heavy atom. The number of carbonyl (C=O) groups excluding carboxylic acids is 2. The van der Waals surface area contributed by atoms with Crippen molar-refractivity contribution < 1.29 is 14.0 Å². The molecule has 126 valence electrons. The fourth-order valence-corrected chi connectivity index (χ4v) is 3.12. The average molecular weight is 342 g/mol. The Kier molecular flexibility index (Phi) is 5.59. The van der Waals surface area contributed by atoms with Gasteiger partial charge in [0.1, 0.15) is 5.82 Å². The van der Waals surface area contributed by atoms with Crippen LogP contribution in [-0.4, -0.2) is 36.3 Å². The number of nitrogens with zero attached hydrogens (tertiary/aromatic N) is 1. The van der Waals surface area contributed by atoms with Crippen LogP contribution in [0.5, 0.6) is 0 Å². The topological polar surface area (TPSA) is 61.4 Å². The molecule has 7 heteroatoms. The van der Waals surface area contributed by atoms with Crippen LogP contribution in [0.4, 0.5) is 10.1 Å². The van der Waals surface area contributed by atoms with Gasteiger partial charge in [-0.3, -0.25) is 9.59 Å². The summed E-state index contributed by atoms with van der Waals surface area (Å²) >= 11 is 0. The first-order chi connectivity index (χ1) is 10.6. The van der Waals surface area contributed by atoms with Gasteiger partial charge in [0.05, 0.1) is 11.6 Å². The predicted molar refractivity (Wildman–Crippen MR) is 88.0 cm³/mol. The maximum Gasteiger partial charge on any atom is 0.229 e. The smallest absolute Gasteiger partial charge is 0.229 e. The van der Waals surface area contributed by atoms with Crippen molar-refractivity contribution in [2.75, 3.05) is 25.0 Å². The molecule has 2 aliphatic rings. The zero-order valence-electron chi connectivity index (χ0n) is 13.0. The van der Waals surface area contributed by atoms with E-state index in [4.69, 9.17) is 0 Å². The first-order valence-electron chi connectivity index (χ1n) is 7.69. The summed E-state index contributed by atoms with van der Waals surface area (Å²) in [6.45, 7) is 4.29. The molecule has 0 radical (unpaired) electrons. The maximum atomic E-state index is 14.5.